The summed E-state index contributed by atoms with van der Waals surface area (Å²) in [4.78, 5) is 20.8. The number of hydrogen-bond donors (Lipinski definition) is 2. The van der Waals surface area contributed by atoms with Gasteiger partial charge in [-0.2, -0.15) is 0 Å². The van der Waals surface area contributed by atoms with Gasteiger partial charge in [0.05, 0.1) is 12.0 Å². The molecule has 0 aliphatic heterocycles. The van der Waals surface area contributed by atoms with Gasteiger partial charge in [0, 0.05) is 0 Å². The number of aliphatic hydroxyl groups excluding tert-OH is 1. The summed E-state index contributed by atoms with van der Waals surface area (Å²) in [7, 11) is 0. The molecule has 1 aromatic rings. The summed E-state index contributed by atoms with van der Waals surface area (Å²) in [6, 6.07) is 6.74. The maximum absolute atomic E-state index is 10.6. The van der Waals surface area contributed by atoms with E-state index in [1.54, 1.807) is 30.3 Å². The van der Waals surface area contributed by atoms with Crippen molar-refractivity contribution in [1.29, 1.82) is 0 Å². The van der Waals surface area contributed by atoms with Crippen LogP contribution in [0.2, 0.25) is 0 Å². The first-order valence-corrected chi connectivity index (χ1v) is 4.30. The van der Waals surface area contributed by atoms with Gasteiger partial charge in [-0.05, 0) is 5.56 Å². The molecule has 0 heterocycles. The smallest absolute Gasteiger partial charge is 0.207 e. The van der Waals surface area contributed by atoms with E-state index >= 15 is 0 Å². The van der Waals surface area contributed by atoms with E-state index < -0.39 is 18.1 Å². The molecule has 0 aliphatic rings. The van der Waals surface area contributed by atoms with Gasteiger partial charge >= 0.3 is 0 Å². The third-order valence-electron chi connectivity index (χ3n) is 1.96. The number of carboxylic acids is 1. The van der Waals surface area contributed by atoms with E-state index in [1.807, 2.05) is 5.32 Å². The van der Waals surface area contributed by atoms with E-state index in [0.717, 1.165) is 0 Å². The van der Waals surface area contributed by atoms with E-state index in [1.165, 1.54) is 0 Å². The lowest BCUT2D eigenvalue weighted by Gasteiger charge is -2.23. The molecule has 2 unspecified atom stereocenters. The fraction of sp³-hybridized carbons (Fsp3) is 0.200. The Kier molecular flexibility index (Phi) is 3.82. The second-order valence-electron chi connectivity index (χ2n) is 2.94. The third-order valence-corrected chi connectivity index (χ3v) is 1.96. The Bertz CT molecular complexity index is 339. The van der Waals surface area contributed by atoms with Crippen molar-refractivity contribution in [3.8, 4) is 0 Å². The first kappa shape index (κ1) is 11.2. The molecule has 1 aromatic carbocycles. The lowest BCUT2D eigenvalue weighted by molar-refractivity contribution is -0.310. The van der Waals surface area contributed by atoms with Crippen LogP contribution in [0.4, 0.5) is 0 Å². The Hall–Kier alpha value is -1.88. The molecule has 5 nitrogen and oxygen atoms in total. The number of benzene rings is 1. The first-order valence-electron chi connectivity index (χ1n) is 4.30. The minimum absolute atomic E-state index is 0.215. The predicted molar refractivity (Wildman–Crippen MR) is 49.4 cm³/mol. The number of rotatable bonds is 5. The Morgan fingerprint density at radius 3 is 2.47 bits per heavy atom. The highest BCUT2D eigenvalue weighted by Crippen LogP contribution is 2.15. The Morgan fingerprint density at radius 2 is 2.00 bits per heavy atom. The fourth-order valence-electron chi connectivity index (χ4n) is 1.20. The monoisotopic (exact) mass is 208 g/mol. The van der Waals surface area contributed by atoms with Crippen molar-refractivity contribution in [2.45, 2.75) is 12.1 Å². The molecule has 0 bridgehead atoms. The zero-order chi connectivity index (χ0) is 11.3. The molecular formula is C10H10NO4-. The summed E-state index contributed by atoms with van der Waals surface area (Å²) in [5, 5.41) is 22.2. The van der Waals surface area contributed by atoms with Gasteiger partial charge in [0.2, 0.25) is 6.41 Å². The fourth-order valence-corrected chi connectivity index (χ4v) is 1.20. The molecular weight excluding hydrogens is 198 g/mol. The normalized spacial score (nSPS) is 13.9. The Morgan fingerprint density at radius 1 is 1.40 bits per heavy atom. The van der Waals surface area contributed by atoms with Gasteiger partial charge in [-0.1, -0.05) is 30.3 Å². The SMILES string of the molecule is O=CNC(C(=O)[O-])C(O)c1ccccc1. The highest BCUT2D eigenvalue weighted by molar-refractivity contribution is 5.75. The molecule has 1 amide bonds. The number of carbonyl (C=O) groups is 2. The van der Waals surface area contributed by atoms with Crippen molar-refractivity contribution < 1.29 is 19.8 Å². The molecule has 1 rings (SSSR count). The maximum atomic E-state index is 10.6. The van der Waals surface area contributed by atoms with Crippen molar-refractivity contribution >= 4 is 12.4 Å². The molecule has 0 saturated heterocycles. The molecule has 80 valence electrons. The van der Waals surface area contributed by atoms with Crippen LogP contribution in [0.5, 0.6) is 0 Å². The van der Waals surface area contributed by atoms with Crippen LogP contribution in [0.25, 0.3) is 0 Å². The van der Waals surface area contributed by atoms with E-state index in [0.29, 0.717) is 5.56 Å². The van der Waals surface area contributed by atoms with Crippen LogP contribution in [-0.2, 0) is 9.59 Å². The summed E-state index contributed by atoms with van der Waals surface area (Å²) in [5.41, 5.74) is 0.404. The number of amides is 1. The van der Waals surface area contributed by atoms with Crippen LogP contribution < -0.4 is 10.4 Å². The van der Waals surface area contributed by atoms with Crippen molar-refractivity contribution in [1.82, 2.24) is 5.32 Å². The van der Waals surface area contributed by atoms with Crippen molar-refractivity contribution in [3.63, 3.8) is 0 Å². The standard InChI is InChI=1S/C10H11NO4/c12-6-11-8(10(14)15)9(13)7-4-2-1-3-5-7/h1-6,8-9,13H,(H,11,12)(H,14,15)/p-1. The highest BCUT2D eigenvalue weighted by atomic mass is 16.4. The van der Waals surface area contributed by atoms with E-state index in [2.05, 4.69) is 0 Å². The van der Waals surface area contributed by atoms with Crippen molar-refractivity contribution in [3.05, 3.63) is 35.9 Å². The van der Waals surface area contributed by atoms with Gasteiger partial charge < -0.3 is 20.3 Å². The summed E-state index contributed by atoms with van der Waals surface area (Å²) in [6.45, 7) is 0. The maximum Gasteiger partial charge on any atom is 0.207 e. The van der Waals surface area contributed by atoms with Crippen LogP contribution in [0.15, 0.2) is 30.3 Å². The van der Waals surface area contributed by atoms with Crippen molar-refractivity contribution in [2.24, 2.45) is 0 Å². The average molecular weight is 208 g/mol. The molecule has 2 N–H and O–H groups in total. The van der Waals surface area contributed by atoms with Crippen molar-refractivity contribution in [2.75, 3.05) is 0 Å². The quantitative estimate of drug-likeness (QED) is 0.581. The number of carboxylic acid groups (broad SMARTS) is 1. The number of aliphatic hydroxyl groups is 1. The minimum Gasteiger partial charge on any atom is -0.548 e. The van der Waals surface area contributed by atoms with Crippen LogP contribution in [0, 0.1) is 0 Å². The number of aliphatic carboxylic acids is 1. The molecule has 0 spiro atoms. The Labute approximate surface area is 86.4 Å². The molecule has 0 saturated carbocycles. The van der Waals surface area contributed by atoms with E-state index in [-0.39, 0.29) is 6.41 Å². The molecule has 0 aromatic heterocycles. The summed E-state index contributed by atoms with van der Waals surface area (Å²) < 4.78 is 0. The molecule has 5 heteroatoms. The molecule has 0 fully saturated rings. The number of hydrogen-bond acceptors (Lipinski definition) is 4. The summed E-state index contributed by atoms with van der Waals surface area (Å²) >= 11 is 0. The summed E-state index contributed by atoms with van der Waals surface area (Å²) in [6.07, 6.45) is -1.10. The lowest BCUT2D eigenvalue weighted by Crippen LogP contribution is -2.48. The third kappa shape index (κ3) is 2.78. The molecule has 15 heavy (non-hydrogen) atoms. The number of carbonyl (C=O) groups excluding carboxylic acids is 2. The zero-order valence-electron chi connectivity index (χ0n) is 7.79. The number of nitrogens with one attached hydrogen (secondary N) is 1. The van der Waals surface area contributed by atoms with Gasteiger partial charge in [0.1, 0.15) is 6.10 Å². The molecule has 0 radical (unpaired) electrons. The predicted octanol–water partition coefficient (Wildman–Crippen LogP) is -1.42. The second kappa shape index (κ2) is 5.11. The lowest BCUT2D eigenvalue weighted by atomic mass is 10.0. The average Bonchev–Trinajstić information content (AvgIpc) is 2.26. The van der Waals surface area contributed by atoms with Gasteiger partial charge in [-0.15, -0.1) is 0 Å². The topological polar surface area (TPSA) is 89.5 Å². The van der Waals surface area contributed by atoms with Crippen LogP contribution in [0.1, 0.15) is 11.7 Å². The second-order valence-corrected chi connectivity index (χ2v) is 2.94. The van der Waals surface area contributed by atoms with Crippen LogP contribution >= 0.6 is 0 Å². The van der Waals surface area contributed by atoms with E-state index in [9.17, 15) is 19.8 Å². The zero-order valence-corrected chi connectivity index (χ0v) is 7.79. The molecule has 0 aliphatic carbocycles. The van der Waals surface area contributed by atoms with Gasteiger partial charge in [-0.25, -0.2) is 0 Å². The largest absolute Gasteiger partial charge is 0.548 e. The molecule has 2 atom stereocenters. The van der Waals surface area contributed by atoms with E-state index in [4.69, 9.17) is 0 Å². The van der Waals surface area contributed by atoms with Gasteiger partial charge in [0.15, 0.2) is 0 Å². The highest BCUT2D eigenvalue weighted by Gasteiger charge is 2.20. The van der Waals surface area contributed by atoms with Crippen LogP contribution in [0.3, 0.4) is 0 Å². The first-order chi connectivity index (χ1) is 7.16. The summed E-state index contributed by atoms with van der Waals surface area (Å²) in [5.74, 6) is -1.53. The Balaban J connectivity index is 2.85. The van der Waals surface area contributed by atoms with Crippen LogP contribution in [-0.4, -0.2) is 23.5 Å². The minimum atomic E-state index is -1.53. The van der Waals surface area contributed by atoms with Gasteiger partial charge in [0.25, 0.3) is 0 Å². The van der Waals surface area contributed by atoms with Gasteiger partial charge in [-0.3, -0.25) is 4.79 Å².